The summed E-state index contributed by atoms with van der Waals surface area (Å²) in [7, 11) is 0. The van der Waals surface area contributed by atoms with Crippen LogP contribution in [-0.4, -0.2) is 4.57 Å². The summed E-state index contributed by atoms with van der Waals surface area (Å²) in [6.45, 7) is 0.735. The van der Waals surface area contributed by atoms with Gasteiger partial charge in [0.05, 0.1) is 5.52 Å². The second-order valence-electron chi connectivity index (χ2n) is 4.45. The molecule has 2 aromatic carbocycles. The zero-order valence-corrected chi connectivity index (χ0v) is 11.0. The van der Waals surface area contributed by atoms with Gasteiger partial charge in [-0.05, 0) is 23.8 Å². The highest BCUT2D eigenvalue weighted by molar-refractivity contribution is 6.31. The second-order valence-corrected chi connectivity index (χ2v) is 4.89. The Hall–Kier alpha value is -2.06. The standard InChI is InChI=1S/C16H12ClNO/c17-13-6-7-15-14(10-13)16(19)8-9-18(15)11-12-4-2-1-3-5-12/h1-10H,11H2. The highest BCUT2D eigenvalue weighted by Gasteiger charge is 2.04. The molecule has 1 aromatic heterocycles. The third-order valence-corrected chi connectivity index (χ3v) is 3.37. The van der Waals surface area contributed by atoms with Gasteiger partial charge in [0, 0.05) is 29.2 Å². The van der Waals surface area contributed by atoms with Crippen LogP contribution in [0.2, 0.25) is 5.02 Å². The van der Waals surface area contributed by atoms with Crippen LogP contribution < -0.4 is 5.43 Å². The summed E-state index contributed by atoms with van der Waals surface area (Å²) < 4.78 is 2.06. The summed E-state index contributed by atoms with van der Waals surface area (Å²) in [6, 6.07) is 17.2. The van der Waals surface area contributed by atoms with E-state index in [2.05, 4.69) is 16.7 Å². The molecule has 0 saturated heterocycles. The first-order valence-electron chi connectivity index (χ1n) is 6.07. The molecule has 0 atom stereocenters. The van der Waals surface area contributed by atoms with Crippen molar-refractivity contribution in [2.75, 3.05) is 0 Å². The molecule has 19 heavy (non-hydrogen) atoms. The Bertz CT molecular complexity index is 778. The topological polar surface area (TPSA) is 22.0 Å². The molecule has 1 heterocycles. The van der Waals surface area contributed by atoms with Crippen LogP contribution in [0.3, 0.4) is 0 Å². The number of aromatic nitrogens is 1. The Balaban J connectivity index is 2.15. The number of rotatable bonds is 2. The maximum absolute atomic E-state index is 11.9. The van der Waals surface area contributed by atoms with Gasteiger partial charge in [-0.1, -0.05) is 41.9 Å². The van der Waals surface area contributed by atoms with E-state index in [0.29, 0.717) is 10.4 Å². The maximum Gasteiger partial charge on any atom is 0.189 e. The van der Waals surface area contributed by atoms with Gasteiger partial charge < -0.3 is 4.57 Å². The molecule has 94 valence electrons. The molecule has 2 nitrogen and oxygen atoms in total. The Kier molecular flexibility index (Phi) is 3.10. The van der Waals surface area contributed by atoms with Crippen molar-refractivity contribution in [3.63, 3.8) is 0 Å². The number of hydrogen-bond acceptors (Lipinski definition) is 1. The lowest BCUT2D eigenvalue weighted by Gasteiger charge is -2.10. The van der Waals surface area contributed by atoms with Crippen LogP contribution >= 0.6 is 11.6 Å². The van der Waals surface area contributed by atoms with Crippen molar-refractivity contribution in [3.05, 3.63) is 81.6 Å². The minimum Gasteiger partial charge on any atom is -0.343 e. The van der Waals surface area contributed by atoms with Gasteiger partial charge in [0.1, 0.15) is 0 Å². The molecule has 0 fully saturated rings. The maximum atomic E-state index is 11.9. The summed E-state index contributed by atoms with van der Waals surface area (Å²) in [4.78, 5) is 11.9. The van der Waals surface area contributed by atoms with Crippen molar-refractivity contribution < 1.29 is 0 Å². The minimum atomic E-state index is 0.00168. The SMILES string of the molecule is O=c1ccn(Cc2ccccc2)c2ccc(Cl)cc12. The van der Waals surface area contributed by atoms with Gasteiger partial charge in [-0.3, -0.25) is 4.79 Å². The van der Waals surface area contributed by atoms with Crippen LogP contribution in [0.5, 0.6) is 0 Å². The summed E-state index contributed by atoms with van der Waals surface area (Å²) in [6.07, 6.45) is 1.82. The van der Waals surface area contributed by atoms with Gasteiger partial charge in [0.15, 0.2) is 5.43 Å². The molecule has 0 bridgehead atoms. The number of fused-ring (bicyclic) bond motifs is 1. The third-order valence-electron chi connectivity index (χ3n) is 3.14. The predicted molar refractivity (Wildman–Crippen MR) is 78.8 cm³/mol. The zero-order valence-electron chi connectivity index (χ0n) is 10.2. The molecule has 0 spiro atoms. The monoisotopic (exact) mass is 269 g/mol. The first kappa shape index (κ1) is 12.0. The Morgan fingerprint density at radius 1 is 1.00 bits per heavy atom. The smallest absolute Gasteiger partial charge is 0.189 e. The van der Waals surface area contributed by atoms with E-state index in [1.807, 2.05) is 36.5 Å². The molecule has 0 aliphatic heterocycles. The third kappa shape index (κ3) is 2.40. The van der Waals surface area contributed by atoms with Crippen molar-refractivity contribution in [2.45, 2.75) is 6.54 Å². The van der Waals surface area contributed by atoms with E-state index in [-0.39, 0.29) is 5.43 Å². The normalized spacial score (nSPS) is 10.8. The zero-order chi connectivity index (χ0) is 13.2. The summed E-state index contributed by atoms with van der Waals surface area (Å²) in [5.41, 5.74) is 2.10. The molecular formula is C16H12ClNO. The van der Waals surface area contributed by atoms with Crippen molar-refractivity contribution >= 4 is 22.5 Å². The van der Waals surface area contributed by atoms with Gasteiger partial charge >= 0.3 is 0 Å². The van der Waals surface area contributed by atoms with Crippen LogP contribution in [0.1, 0.15) is 5.56 Å². The molecule has 3 aromatic rings. The summed E-state index contributed by atoms with van der Waals surface area (Å²) in [5.74, 6) is 0. The van der Waals surface area contributed by atoms with E-state index in [1.165, 1.54) is 5.56 Å². The van der Waals surface area contributed by atoms with Crippen LogP contribution in [0, 0.1) is 0 Å². The highest BCUT2D eigenvalue weighted by Crippen LogP contribution is 2.17. The molecule has 0 aliphatic carbocycles. The summed E-state index contributed by atoms with van der Waals surface area (Å²) in [5, 5.41) is 1.24. The second kappa shape index (κ2) is 4.90. The van der Waals surface area contributed by atoms with Gasteiger partial charge in [-0.15, -0.1) is 0 Å². The Morgan fingerprint density at radius 2 is 1.79 bits per heavy atom. The molecule has 0 unspecified atom stereocenters. The van der Waals surface area contributed by atoms with Crippen LogP contribution in [0.4, 0.5) is 0 Å². The first-order valence-corrected chi connectivity index (χ1v) is 6.44. The van der Waals surface area contributed by atoms with E-state index < -0.39 is 0 Å². The van der Waals surface area contributed by atoms with Gasteiger partial charge in [-0.25, -0.2) is 0 Å². The average molecular weight is 270 g/mol. The quantitative estimate of drug-likeness (QED) is 0.695. The van der Waals surface area contributed by atoms with E-state index in [4.69, 9.17) is 11.6 Å². The minimum absolute atomic E-state index is 0.00168. The van der Waals surface area contributed by atoms with E-state index in [1.54, 1.807) is 12.1 Å². The fourth-order valence-corrected chi connectivity index (χ4v) is 2.37. The van der Waals surface area contributed by atoms with Crippen LogP contribution in [-0.2, 0) is 6.54 Å². The molecule has 0 radical (unpaired) electrons. The first-order chi connectivity index (χ1) is 9.24. The average Bonchev–Trinajstić information content (AvgIpc) is 2.43. The van der Waals surface area contributed by atoms with Gasteiger partial charge in [0.2, 0.25) is 0 Å². The van der Waals surface area contributed by atoms with Crippen LogP contribution in [0.15, 0.2) is 65.6 Å². The lowest BCUT2D eigenvalue weighted by Crippen LogP contribution is -2.08. The fourth-order valence-electron chi connectivity index (χ4n) is 2.20. The molecular weight excluding hydrogens is 258 g/mol. The largest absolute Gasteiger partial charge is 0.343 e. The molecule has 3 heteroatoms. The number of benzene rings is 2. The van der Waals surface area contributed by atoms with Crippen molar-refractivity contribution in [2.24, 2.45) is 0 Å². The lowest BCUT2D eigenvalue weighted by molar-refractivity contribution is 0.826. The summed E-state index contributed by atoms with van der Waals surface area (Å²) >= 11 is 5.96. The number of halogens is 1. The van der Waals surface area contributed by atoms with Crippen molar-refractivity contribution in [1.29, 1.82) is 0 Å². The molecule has 0 N–H and O–H groups in total. The molecule has 0 aliphatic rings. The number of pyridine rings is 1. The lowest BCUT2D eigenvalue weighted by atomic mass is 10.2. The number of nitrogens with zero attached hydrogens (tertiary/aromatic N) is 1. The van der Waals surface area contributed by atoms with E-state index in [9.17, 15) is 4.79 Å². The number of hydrogen-bond donors (Lipinski definition) is 0. The molecule has 3 rings (SSSR count). The van der Waals surface area contributed by atoms with Gasteiger partial charge in [-0.2, -0.15) is 0 Å². The predicted octanol–water partition coefficient (Wildman–Crippen LogP) is 3.70. The highest BCUT2D eigenvalue weighted by atomic mass is 35.5. The van der Waals surface area contributed by atoms with Crippen molar-refractivity contribution in [1.82, 2.24) is 4.57 Å². The molecule has 0 amide bonds. The molecule has 0 saturated carbocycles. The van der Waals surface area contributed by atoms with Crippen LogP contribution in [0.25, 0.3) is 10.9 Å². The fraction of sp³-hybridized carbons (Fsp3) is 0.0625. The van der Waals surface area contributed by atoms with E-state index >= 15 is 0 Å². The van der Waals surface area contributed by atoms with Gasteiger partial charge in [0.25, 0.3) is 0 Å². The Morgan fingerprint density at radius 3 is 2.58 bits per heavy atom. The Labute approximate surface area is 115 Å². The van der Waals surface area contributed by atoms with Crippen molar-refractivity contribution in [3.8, 4) is 0 Å². The van der Waals surface area contributed by atoms with E-state index in [0.717, 1.165) is 12.1 Å².